The van der Waals surface area contributed by atoms with Gasteiger partial charge in [0.1, 0.15) is 0 Å². The molecule has 1 aromatic heterocycles. The average Bonchev–Trinajstić information content (AvgIpc) is 2.61. The second-order valence-electron chi connectivity index (χ2n) is 4.73. The first kappa shape index (κ1) is 15.6. The lowest BCUT2D eigenvalue weighted by Crippen LogP contribution is -2.14. The molecule has 0 spiro atoms. The van der Waals surface area contributed by atoms with E-state index < -0.39 is 0 Å². The fraction of sp³-hybridized carbons (Fsp3) is 0.786. The van der Waals surface area contributed by atoms with E-state index in [1.54, 1.807) is 0 Å². The van der Waals surface area contributed by atoms with Gasteiger partial charge in [-0.05, 0) is 32.1 Å². The molecule has 0 aliphatic carbocycles. The molecular weight excluding hydrogens is 242 g/mol. The molecular formula is C14H27N3S. The van der Waals surface area contributed by atoms with Gasteiger partial charge in [-0.25, -0.2) is 0 Å². The van der Waals surface area contributed by atoms with Crippen LogP contribution >= 0.6 is 11.8 Å². The third-order valence-electron chi connectivity index (χ3n) is 3.00. The Bertz CT molecular complexity index is 347. The maximum absolute atomic E-state index is 4.54. The maximum atomic E-state index is 4.54. The highest BCUT2D eigenvalue weighted by Gasteiger charge is 2.12. The van der Waals surface area contributed by atoms with Crippen molar-refractivity contribution in [1.29, 1.82) is 0 Å². The minimum atomic E-state index is 0.948. The van der Waals surface area contributed by atoms with E-state index >= 15 is 0 Å². The number of nitrogens with zero attached hydrogens (tertiary/aromatic N) is 2. The molecule has 0 aliphatic heterocycles. The van der Waals surface area contributed by atoms with E-state index in [-0.39, 0.29) is 0 Å². The molecule has 0 bridgehead atoms. The molecule has 0 amide bonds. The molecule has 1 rings (SSSR count). The predicted octanol–water partition coefficient (Wildman–Crippen LogP) is 3.51. The molecule has 1 N–H and O–H groups in total. The van der Waals surface area contributed by atoms with Crippen LogP contribution in [0.1, 0.15) is 50.8 Å². The smallest absolute Gasteiger partial charge is 0.0984 e. The van der Waals surface area contributed by atoms with E-state index in [1.807, 2.05) is 16.4 Å². The van der Waals surface area contributed by atoms with Gasteiger partial charge in [-0.15, -0.1) is 11.8 Å². The van der Waals surface area contributed by atoms with E-state index in [2.05, 4.69) is 38.2 Å². The molecule has 0 radical (unpaired) electrons. The van der Waals surface area contributed by atoms with E-state index in [9.17, 15) is 0 Å². The van der Waals surface area contributed by atoms with Crippen molar-refractivity contribution in [2.75, 3.05) is 12.3 Å². The summed E-state index contributed by atoms with van der Waals surface area (Å²) in [5.41, 5.74) is 2.55. The molecule has 4 heteroatoms. The van der Waals surface area contributed by atoms with Gasteiger partial charge in [0.15, 0.2) is 0 Å². The van der Waals surface area contributed by atoms with Crippen molar-refractivity contribution in [3.8, 4) is 0 Å². The summed E-state index contributed by atoms with van der Waals surface area (Å²) in [7, 11) is 2.05. The fourth-order valence-electron chi connectivity index (χ4n) is 1.98. The number of aromatic nitrogens is 2. The van der Waals surface area contributed by atoms with Crippen LogP contribution in [0.2, 0.25) is 0 Å². The van der Waals surface area contributed by atoms with E-state index in [1.165, 1.54) is 47.7 Å². The number of nitrogens with one attached hydrogen (secondary N) is 1. The van der Waals surface area contributed by atoms with Crippen molar-refractivity contribution in [2.24, 2.45) is 7.05 Å². The first-order chi connectivity index (χ1) is 8.70. The average molecular weight is 269 g/mol. The highest BCUT2D eigenvalue weighted by molar-refractivity contribution is 7.99. The Morgan fingerprint density at radius 3 is 2.67 bits per heavy atom. The summed E-state index contributed by atoms with van der Waals surface area (Å²) in [5, 5.41) is 9.37. The second-order valence-corrected chi connectivity index (χ2v) is 5.81. The first-order valence-electron chi connectivity index (χ1n) is 7.06. The molecule has 1 heterocycles. The Morgan fingerprint density at radius 2 is 2.00 bits per heavy atom. The summed E-state index contributed by atoms with van der Waals surface area (Å²) in [5.74, 6) is 1.20. The van der Waals surface area contributed by atoms with E-state index in [4.69, 9.17) is 0 Å². The summed E-state index contributed by atoms with van der Waals surface area (Å²) < 4.78 is 2.04. The van der Waals surface area contributed by atoms with Gasteiger partial charge in [-0.2, -0.15) is 5.10 Å². The highest BCUT2D eigenvalue weighted by Crippen LogP contribution is 2.25. The van der Waals surface area contributed by atoms with Crippen molar-refractivity contribution in [2.45, 2.75) is 58.0 Å². The normalized spacial score (nSPS) is 11.1. The van der Waals surface area contributed by atoms with Crippen LogP contribution in [0.3, 0.4) is 0 Å². The first-order valence-corrected chi connectivity index (χ1v) is 8.05. The lowest BCUT2D eigenvalue weighted by Gasteiger charge is -2.07. The summed E-state index contributed by atoms with van der Waals surface area (Å²) in [6.07, 6.45) is 5.09. The number of hydrogen-bond donors (Lipinski definition) is 1. The Hall–Kier alpha value is -0.480. The van der Waals surface area contributed by atoms with Crippen molar-refractivity contribution in [3.63, 3.8) is 0 Å². The van der Waals surface area contributed by atoms with Crippen LogP contribution in [0, 0.1) is 6.92 Å². The van der Waals surface area contributed by atoms with Gasteiger partial charge in [0, 0.05) is 19.2 Å². The minimum absolute atomic E-state index is 0.948. The third kappa shape index (κ3) is 4.65. The van der Waals surface area contributed by atoms with Crippen molar-refractivity contribution in [3.05, 3.63) is 11.3 Å². The molecule has 0 unspecified atom stereocenters. The number of hydrogen-bond acceptors (Lipinski definition) is 3. The largest absolute Gasteiger partial charge is 0.313 e. The SMILES string of the molecule is CCCCCSc1c(CNCCC)c(C)nn1C. The van der Waals surface area contributed by atoms with Crippen molar-refractivity contribution < 1.29 is 0 Å². The topological polar surface area (TPSA) is 29.9 Å². The van der Waals surface area contributed by atoms with Gasteiger partial charge in [0.25, 0.3) is 0 Å². The maximum Gasteiger partial charge on any atom is 0.0984 e. The monoisotopic (exact) mass is 269 g/mol. The van der Waals surface area contributed by atoms with Crippen molar-refractivity contribution >= 4 is 11.8 Å². The number of rotatable bonds is 9. The molecule has 104 valence electrons. The Balaban J connectivity index is 2.57. The van der Waals surface area contributed by atoms with Gasteiger partial charge < -0.3 is 5.32 Å². The Kier molecular flexibility index (Phi) is 7.44. The van der Waals surface area contributed by atoms with Gasteiger partial charge >= 0.3 is 0 Å². The highest BCUT2D eigenvalue weighted by atomic mass is 32.2. The van der Waals surface area contributed by atoms with E-state index in [0.29, 0.717) is 0 Å². The zero-order valence-corrected chi connectivity index (χ0v) is 13.1. The molecule has 0 saturated heterocycles. The van der Waals surface area contributed by atoms with Crippen LogP contribution in [0.15, 0.2) is 5.03 Å². The molecule has 0 atom stereocenters. The summed E-state index contributed by atoms with van der Waals surface area (Å²) in [4.78, 5) is 0. The predicted molar refractivity (Wildman–Crippen MR) is 80.2 cm³/mol. The minimum Gasteiger partial charge on any atom is -0.313 e. The third-order valence-corrected chi connectivity index (χ3v) is 4.28. The quantitative estimate of drug-likeness (QED) is 0.549. The number of thioether (sulfide) groups is 1. The lowest BCUT2D eigenvalue weighted by molar-refractivity contribution is 0.652. The van der Waals surface area contributed by atoms with Gasteiger partial charge in [0.05, 0.1) is 10.7 Å². The van der Waals surface area contributed by atoms with Gasteiger partial charge in [0.2, 0.25) is 0 Å². The molecule has 0 saturated carbocycles. The zero-order valence-electron chi connectivity index (χ0n) is 12.3. The molecule has 0 aromatic carbocycles. The van der Waals surface area contributed by atoms with Gasteiger partial charge in [-0.3, -0.25) is 4.68 Å². The molecule has 0 aliphatic rings. The van der Waals surface area contributed by atoms with Crippen LogP contribution in [0.5, 0.6) is 0 Å². The van der Waals surface area contributed by atoms with Crippen molar-refractivity contribution in [1.82, 2.24) is 15.1 Å². The molecule has 3 nitrogen and oxygen atoms in total. The number of unbranched alkanes of at least 4 members (excludes halogenated alkanes) is 2. The second kappa shape index (κ2) is 8.59. The summed E-state index contributed by atoms with van der Waals surface area (Å²) in [6.45, 7) is 8.58. The van der Waals surface area contributed by atoms with Crippen LogP contribution in [0.4, 0.5) is 0 Å². The van der Waals surface area contributed by atoms with Crippen LogP contribution in [-0.4, -0.2) is 22.1 Å². The lowest BCUT2D eigenvalue weighted by atomic mass is 10.2. The molecule has 0 fully saturated rings. The summed E-state index contributed by atoms with van der Waals surface area (Å²) >= 11 is 1.95. The van der Waals surface area contributed by atoms with Crippen LogP contribution in [0.25, 0.3) is 0 Å². The van der Waals surface area contributed by atoms with Crippen LogP contribution < -0.4 is 5.32 Å². The summed E-state index contributed by atoms with van der Waals surface area (Å²) in [6, 6.07) is 0. The standard InChI is InChI=1S/C14H27N3S/c1-5-7-8-10-18-14-13(11-15-9-6-2)12(3)16-17(14)4/h15H,5-11H2,1-4H3. The zero-order chi connectivity index (χ0) is 13.4. The molecule has 18 heavy (non-hydrogen) atoms. The number of aryl methyl sites for hydroxylation is 2. The fourth-order valence-corrected chi connectivity index (χ4v) is 3.14. The van der Waals surface area contributed by atoms with E-state index in [0.717, 1.165) is 13.1 Å². The Labute approximate surface area is 116 Å². The van der Waals surface area contributed by atoms with Gasteiger partial charge in [-0.1, -0.05) is 26.7 Å². The van der Waals surface area contributed by atoms with Crippen LogP contribution in [-0.2, 0) is 13.6 Å². The molecule has 1 aromatic rings. The Morgan fingerprint density at radius 1 is 1.22 bits per heavy atom.